The molecule has 0 bridgehead atoms. The first kappa shape index (κ1) is 19.3. The lowest BCUT2D eigenvalue weighted by Crippen LogP contribution is -2.29. The van der Waals surface area contributed by atoms with Gasteiger partial charge in [0.15, 0.2) is 17.1 Å². The van der Waals surface area contributed by atoms with Crippen LogP contribution >= 0.6 is 0 Å². The number of phenolic OH excluding ortho intramolecular Hbond substituents is 1. The number of phenols is 1. The van der Waals surface area contributed by atoms with Gasteiger partial charge in [-0.15, -0.1) is 0 Å². The Morgan fingerprint density at radius 1 is 1.48 bits per heavy atom. The smallest absolute Gasteiger partial charge is 0.315 e. The van der Waals surface area contributed by atoms with E-state index < -0.39 is 33.6 Å². The Morgan fingerprint density at radius 2 is 2.15 bits per heavy atom. The minimum Gasteiger partial charge on any atom is -0.506 e. The van der Waals surface area contributed by atoms with E-state index in [1.54, 1.807) is 13.0 Å². The zero-order valence-corrected chi connectivity index (χ0v) is 14.5. The van der Waals surface area contributed by atoms with E-state index in [0.29, 0.717) is 5.56 Å². The van der Waals surface area contributed by atoms with Crippen LogP contribution in [0.15, 0.2) is 28.5 Å². The van der Waals surface area contributed by atoms with Crippen LogP contribution in [0, 0.1) is 28.4 Å². The maximum atomic E-state index is 12.6. The number of nitrogens with zero attached hydrogens (tertiary/aromatic N) is 4. The molecule has 0 fully saturated rings. The minimum absolute atomic E-state index is 0.134. The third-order valence-corrected chi connectivity index (χ3v) is 3.65. The summed E-state index contributed by atoms with van der Waals surface area (Å²) in [4.78, 5) is 23.7. The van der Waals surface area contributed by atoms with E-state index in [-0.39, 0.29) is 17.1 Å². The molecule has 0 radical (unpaired) electrons. The largest absolute Gasteiger partial charge is 0.506 e. The van der Waals surface area contributed by atoms with Crippen LogP contribution in [0.1, 0.15) is 11.1 Å². The molecule has 1 aromatic carbocycles. The number of rotatable bonds is 5. The first-order chi connectivity index (χ1) is 12.7. The lowest BCUT2D eigenvalue weighted by Gasteiger charge is -2.15. The first-order valence-corrected chi connectivity index (χ1v) is 7.31. The summed E-state index contributed by atoms with van der Waals surface area (Å²) in [5.41, 5.74) is -1.20. The molecule has 0 unspecified atom stereocenters. The van der Waals surface area contributed by atoms with Crippen molar-refractivity contribution >= 4 is 23.2 Å². The summed E-state index contributed by atoms with van der Waals surface area (Å²) in [6.07, 6.45) is 1.29. The maximum Gasteiger partial charge on any atom is 0.315 e. The van der Waals surface area contributed by atoms with Crippen LogP contribution in [0.2, 0.25) is 0 Å². The Kier molecular flexibility index (Phi) is 5.31. The zero-order valence-electron chi connectivity index (χ0n) is 14.5. The van der Waals surface area contributed by atoms with E-state index in [1.807, 2.05) is 0 Å². The summed E-state index contributed by atoms with van der Waals surface area (Å²) in [5, 5.41) is 44.2. The van der Waals surface area contributed by atoms with E-state index in [9.17, 15) is 30.4 Å². The first-order valence-electron chi connectivity index (χ1n) is 7.31. The molecule has 2 rings (SSSR count). The second-order valence-electron chi connectivity index (χ2n) is 5.32. The predicted octanol–water partition coefficient (Wildman–Crippen LogP) is 2.06. The van der Waals surface area contributed by atoms with Crippen molar-refractivity contribution in [3.05, 3.63) is 45.2 Å². The highest BCUT2D eigenvalue weighted by Crippen LogP contribution is 2.38. The summed E-state index contributed by atoms with van der Waals surface area (Å²) in [6.45, 7) is 1.62. The second kappa shape index (κ2) is 7.44. The molecule has 2 aromatic rings. The summed E-state index contributed by atoms with van der Waals surface area (Å²) in [7, 11) is 2.47. The summed E-state index contributed by atoms with van der Waals surface area (Å²) in [6, 6.07) is 3.45. The van der Waals surface area contributed by atoms with Crippen LogP contribution in [0.5, 0.6) is 11.5 Å². The molecule has 0 saturated carbocycles. The van der Waals surface area contributed by atoms with Crippen molar-refractivity contribution in [3.8, 4) is 17.6 Å². The highest BCUT2D eigenvalue weighted by Gasteiger charge is 2.27. The number of likely N-dealkylation sites (N-methyl/N-ethyl adjacent to an activating group) is 1. The Bertz CT molecular complexity index is 987. The number of carbonyl (C=O) groups is 1. The van der Waals surface area contributed by atoms with E-state index in [4.69, 9.17) is 9.26 Å². The van der Waals surface area contributed by atoms with Crippen molar-refractivity contribution in [2.75, 3.05) is 19.1 Å². The van der Waals surface area contributed by atoms with Gasteiger partial charge in [0, 0.05) is 24.2 Å². The molecule has 1 amide bonds. The average Bonchev–Trinajstić information content (AvgIpc) is 3.07. The summed E-state index contributed by atoms with van der Waals surface area (Å²) in [5.74, 6) is -2.66. The molecule has 11 heteroatoms. The van der Waals surface area contributed by atoms with Gasteiger partial charge in [-0.2, -0.15) is 5.26 Å². The van der Waals surface area contributed by atoms with Crippen LogP contribution < -0.4 is 9.64 Å². The van der Waals surface area contributed by atoms with Crippen molar-refractivity contribution < 1.29 is 29.2 Å². The van der Waals surface area contributed by atoms with Gasteiger partial charge in [-0.25, -0.2) is 0 Å². The highest BCUT2D eigenvalue weighted by atomic mass is 16.6. The summed E-state index contributed by atoms with van der Waals surface area (Å²) >= 11 is 0. The van der Waals surface area contributed by atoms with Gasteiger partial charge in [-0.05, 0) is 13.0 Å². The standard InChI is InChI=1S/C16H14N4O7/c1-8-7-27-18-15(8)19(2)16(23)10(6-17)13(21)9-4-11(20(24)25)14(22)12(5-9)26-3/h4-5,7,21-22H,1-3H3/b13-10-. The number of benzene rings is 1. The number of hydrogen-bond acceptors (Lipinski definition) is 9. The van der Waals surface area contributed by atoms with Crippen LogP contribution in [-0.2, 0) is 4.79 Å². The number of aromatic hydroxyl groups is 1. The molecule has 0 atom stereocenters. The van der Waals surface area contributed by atoms with Crippen LogP contribution in [0.4, 0.5) is 11.5 Å². The molecule has 1 heterocycles. The third-order valence-electron chi connectivity index (χ3n) is 3.65. The van der Waals surface area contributed by atoms with Gasteiger partial charge in [-0.1, -0.05) is 5.16 Å². The topological polar surface area (TPSA) is 163 Å². The maximum absolute atomic E-state index is 12.6. The number of nitro groups is 1. The lowest BCUT2D eigenvalue weighted by atomic mass is 10.1. The average molecular weight is 374 g/mol. The highest BCUT2D eigenvalue weighted by molar-refractivity contribution is 6.12. The fourth-order valence-electron chi connectivity index (χ4n) is 2.24. The SMILES string of the molecule is COc1cc(/C(O)=C(\C#N)C(=O)N(C)c2nocc2C)cc([N+](=O)[O-])c1O. The number of ether oxygens (including phenoxy) is 1. The quantitative estimate of drug-likeness (QED) is 0.262. The molecule has 0 aliphatic carbocycles. The van der Waals surface area contributed by atoms with Crippen molar-refractivity contribution in [2.24, 2.45) is 0 Å². The van der Waals surface area contributed by atoms with Gasteiger partial charge in [-0.3, -0.25) is 19.8 Å². The van der Waals surface area contributed by atoms with Crippen LogP contribution in [0.3, 0.4) is 0 Å². The molecule has 27 heavy (non-hydrogen) atoms. The van der Waals surface area contributed by atoms with Gasteiger partial charge in [0.25, 0.3) is 5.91 Å². The Hall–Kier alpha value is -4.07. The number of nitriles is 1. The number of carbonyl (C=O) groups excluding carboxylic acids is 1. The molecule has 1 aromatic heterocycles. The Labute approximate surface area is 152 Å². The van der Waals surface area contributed by atoms with Crippen molar-refractivity contribution in [1.29, 1.82) is 5.26 Å². The monoisotopic (exact) mass is 374 g/mol. The molecule has 140 valence electrons. The number of aliphatic hydroxyl groups is 1. The van der Waals surface area contributed by atoms with Crippen molar-refractivity contribution in [3.63, 3.8) is 0 Å². The number of nitro benzene ring substituents is 1. The molecular weight excluding hydrogens is 360 g/mol. The number of aromatic nitrogens is 1. The molecule has 0 aliphatic rings. The molecule has 2 N–H and O–H groups in total. The number of methoxy groups -OCH3 is 1. The molecule has 0 spiro atoms. The molecule has 0 saturated heterocycles. The zero-order chi connectivity index (χ0) is 20.3. The second-order valence-corrected chi connectivity index (χ2v) is 5.32. The predicted molar refractivity (Wildman–Crippen MR) is 91.1 cm³/mol. The lowest BCUT2D eigenvalue weighted by molar-refractivity contribution is -0.386. The third kappa shape index (κ3) is 3.49. The van der Waals surface area contributed by atoms with Crippen LogP contribution in [0.25, 0.3) is 5.76 Å². The van der Waals surface area contributed by atoms with Gasteiger partial charge in [0.2, 0.25) is 5.75 Å². The van der Waals surface area contributed by atoms with Gasteiger partial charge in [0.05, 0.1) is 12.0 Å². The minimum atomic E-state index is -0.915. The number of amides is 1. The normalized spacial score (nSPS) is 11.3. The van der Waals surface area contributed by atoms with E-state index in [0.717, 1.165) is 24.1 Å². The number of aryl methyl sites for hydroxylation is 1. The fraction of sp³-hybridized carbons (Fsp3) is 0.188. The Morgan fingerprint density at radius 3 is 2.63 bits per heavy atom. The van der Waals surface area contributed by atoms with E-state index >= 15 is 0 Å². The summed E-state index contributed by atoms with van der Waals surface area (Å²) < 4.78 is 9.57. The molecular formula is C16H14N4O7. The van der Waals surface area contributed by atoms with Gasteiger partial charge < -0.3 is 19.5 Å². The fourth-order valence-corrected chi connectivity index (χ4v) is 2.24. The van der Waals surface area contributed by atoms with Crippen LogP contribution in [-0.4, -0.2) is 40.4 Å². The van der Waals surface area contributed by atoms with Gasteiger partial charge >= 0.3 is 5.69 Å². The van der Waals surface area contributed by atoms with E-state index in [2.05, 4.69) is 5.16 Å². The molecule has 0 aliphatic heterocycles. The van der Waals surface area contributed by atoms with Gasteiger partial charge in [0.1, 0.15) is 18.1 Å². The number of hydrogen-bond donors (Lipinski definition) is 2. The number of anilines is 1. The Balaban J connectivity index is 2.59. The van der Waals surface area contributed by atoms with Crippen molar-refractivity contribution in [2.45, 2.75) is 6.92 Å². The molecule has 11 nitrogen and oxygen atoms in total. The number of aliphatic hydroxyl groups excluding tert-OH is 1. The van der Waals surface area contributed by atoms with Crippen molar-refractivity contribution in [1.82, 2.24) is 5.16 Å². The van der Waals surface area contributed by atoms with E-state index in [1.165, 1.54) is 13.3 Å².